The molecule has 2 heteroatoms. The fourth-order valence-corrected chi connectivity index (χ4v) is 3.05. The van der Waals surface area contributed by atoms with Crippen LogP contribution in [0, 0.1) is 0 Å². The smallest absolute Gasteiger partial charge is 0.0375 e. The molecule has 17 heavy (non-hydrogen) atoms. The molecule has 0 aromatic heterocycles. The molecular formula is C15H22BrN. The number of nitrogens with one attached hydrogen (secondary N) is 1. The minimum Gasteiger partial charge on any atom is -0.382 e. The largest absolute Gasteiger partial charge is 0.382 e. The molecule has 1 aliphatic carbocycles. The van der Waals surface area contributed by atoms with Crippen LogP contribution in [0.15, 0.2) is 22.7 Å². The average Bonchev–Trinajstić information content (AvgIpc) is 2.60. The maximum Gasteiger partial charge on any atom is 0.0375 e. The van der Waals surface area contributed by atoms with Crippen LogP contribution in [0.4, 0.5) is 5.69 Å². The molecule has 0 atom stereocenters. The van der Waals surface area contributed by atoms with Crippen molar-refractivity contribution in [1.82, 2.24) is 0 Å². The van der Waals surface area contributed by atoms with Crippen molar-refractivity contribution >= 4 is 21.6 Å². The summed E-state index contributed by atoms with van der Waals surface area (Å²) in [7, 11) is 0. The predicted molar refractivity (Wildman–Crippen MR) is 78.6 cm³/mol. The first-order chi connectivity index (χ1) is 8.29. The molecule has 0 heterocycles. The number of halogens is 1. The van der Waals surface area contributed by atoms with Crippen LogP contribution in [-0.2, 0) is 6.42 Å². The van der Waals surface area contributed by atoms with Crippen molar-refractivity contribution in [2.45, 2.75) is 57.9 Å². The van der Waals surface area contributed by atoms with E-state index in [1.807, 2.05) is 0 Å². The Labute approximate surface area is 113 Å². The molecule has 0 aliphatic heterocycles. The average molecular weight is 296 g/mol. The van der Waals surface area contributed by atoms with E-state index in [1.165, 1.54) is 54.2 Å². The first-order valence-electron chi connectivity index (χ1n) is 6.84. The second-order valence-corrected chi connectivity index (χ2v) is 5.90. The van der Waals surface area contributed by atoms with Gasteiger partial charge in [0.2, 0.25) is 0 Å². The van der Waals surface area contributed by atoms with E-state index in [2.05, 4.69) is 46.4 Å². The second kappa shape index (κ2) is 6.44. The zero-order valence-electron chi connectivity index (χ0n) is 10.6. The Morgan fingerprint density at radius 2 is 1.88 bits per heavy atom. The molecule has 0 radical (unpaired) electrons. The first kappa shape index (κ1) is 12.9. The molecule has 1 nitrogen and oxygen atoms in total. The highest BCUT2D eigenvalue weighted by Crippen LogP contribution is 2.25. The van der Waals surface area contributed by atoms with E-state index in [-0.39, 0.29) is 0 Å². The lowest BCUT2D eigenvalue weighted by Crippen LogP contribution is -2.19. The minimum atomic E-state index is 0.684. The zero-order valence-corrected chi connectivity index (χ0v) is 12.2. The Hall–Kier alpha value is -0.500. The lowest BCUT2D eigenvalue weighted by molar-refractivity contribution is 0.619. The summed E-state index contributed by atoms with van der Waals surface area (Å²) in [4.78, 5) is 0. The van der Waals surface area contributed by atoms with Crippen molar-refractivity contribution in [2.24, 2.45) is 0 Å². The molecule has 0 bridgehead atoms. The molecule has 94 valence electrons. The summed E-state index contributed by atoms with van der Waals surface area (Å²) in [6.45, 7) is 2.22. The molecule has 1 fully saturated rings. The lowest BCUT2D eigenvalue weighted by Gasteiger charge is -2.20. The van der Waals surface area contributed by atoms with E-state index in [4.69, 9.17) is 0 Å². The highest BCUT2D eigenvalue weighted by Gasteiger charge is 2.13. The van der Waals surface area contributed by atoms with E-state index in [1.54, 1.807) is 0 Å². The van der Waals surface area contributed by atoms with Gasteiger partial charge in [-0.25, -0.2) is 0 Å². The van der Waals surface area contributed by atoms with Gasteiger partial charge < -0.3 is 5.32 Å². The van der Waals surface area contributed by atoms with Crippen LogP contribution in [0.25, 0.3) is 0 Å². The number of benzene rings is 1. The molecule has 2 rings (SSSR count). The Morgan fingerprint density at radius 3 is 2.53 bits per heavy atom. The van der Waals surface area contributed by atoms with Gasteiger partial charge >= 0.3 is 0 Å². The third kappa shape index (κ3) is 3.74. The van der Waals surface area contributed by atoms with E-state index < -0.39 is 0 Å². The van der Waals surface area contributed by atoms with Crippen molar-refractivity contribution in [2.75, 3.05) is 5.32 Å². The maximum absolute atomic E-state index is 3.75. The van der Waals surface area contributed by atoms with E-state index in [0.29, 0.717) is 6.04 Å². The zero-order chi connectivity index (χ0) is 12.1. The van der Waals surface area contributed by atoms with Gasteiger partial charge in [0, 0.05) is 16.2 Å². The summed E-state index contributed by atoms with van der Waals surface area (Å²) < 4.78 is 1.18. The fourth-order valence-electron chi connectivity index (χ4n) is 2.64. The van der Waals surface area contributed by atoms with E-state index >= 15 is 0 Å². The monoisotopic (exact) mass is 295 g/mol. The normalized spacial score (nSPS) is 17.8. The van der Waals surface area contributed by atoms with Gasteiger partial charge in [0.1, 0.15) is 0 Å². The Morgan fingerprint density at radius 1 is 1.18 bits per heavy atom. The summed E-state index contributed by atoms with van der Waals surface area (Å²) >= 11 is 3.55. The molecule has 1 aliphatic rings. The van der Waals surface area contributed by atoms with Gasteiger partial charge in [-0.3, -0.25) is 0 Å². The van der Waals surface area contributed by atoms with Gasteiger partial charge in [0.25, 0.3) is 0 Å². The number of hydrogen-bond donors (Lipinski definition) is 1. The second-order valence-electron chi connectivity index (χ2n) is 4.99. The summed E-state index contributed by atoms with van der Waals surface area (Å²) in [6.07, 6.45) is 9.36. The number of hydrogen-bond acceptors (Lipinski definition) is 1. The summed E-state index contributed by atoms with van der Waals surface area (Å²) in [5.41, 5.74) is 2.76. The van der Waals surface area contributed by atoms with Crippen LogP contribution in [0.1, 0.15) is 51.0 Å². The Bertz CT molecular complexity index is 354. The molecule has 0 saturated heterocycles. The maximum atomic E-state index is 3.75. The SMILES string of the molecule is CCc1cc(Br)ccc1NC1CCCCCC1. The lowest BCUT2D eigenvalue weighted by atomic mass is 10.1. The third-order valence-electron chi connectivity index (χ3n) is 3.66. The Kier molecular flexibility index (Phi) is 4.90. The molecule has 1 N–H and O–H groups in total. The van der Waals surface area contributed by atoms with Gasteiger partial charge in [-0.1, -0.05) is 48.5 Å². The van der Waals surface area contributed by atoms with Crippen LogP contribution in [0.5, 0.6) is 0 Å². The van der Waals surface area contributed by atoms with Crippen molar-refractivity contribution in [3.05, 3.63) is 28.2 Å². The summed E-state index contributed by atoms with van der Waals surface area (Å²) in [5, 5.41) is 3.75. The highest BCUT2D eigenvalue weighted by atomic mass is 79.9. The standard InChI is InChI=1S/C15H22BrN/c1-2-12-11-13(16)9-10-15(12)17-14-7-5-3-4-6-8-14/h9-11,14,17H,2-8H2,1H3. The summed E-state index contributed by atoms with van der Waals surface area (Å²) in [5.74, 6) is 0. The van der Waals surface area contributed by atoms with Gasteiger partial charge in [0.15, 0.2) is 0 Å². The molecule has 0 unspecified atom stereocenters. The van der Waals surface area contributed by atoms with Crippen molar-refractivity contribution in [3.63, 3.8) is 0 Å². The van der Waals surface area contributed by atoms with Crippen LogP contribution >= 0.6 is 15.9 Å². The molecule has 0 spiro atoms. The topological polar surface area (TPSA) is 12.0 Å². The molecular weight excluding hydrogens is 274 g/mol. The number of anilines is 1. The van der Waals surface area contributed by atoms with Crippen LogP contribution in [0.2, 0.25) is 0 Å². The molecule has 1 aromatic carbocycles. The van der Waals surface area contributed by atoms with Gasteiger partial charge in [-0.15, -0.1) is 0 Å². The number of aryl methyl sites for hydroxylation is 1. The van der Waals surface area contributed by atoms with Crippen molar-refractivity contribution in [3.8, 4) is 0 Å². The highest BCUT2D eigenvalue weighted by molar-refractivity contribution is 9.10. The van der Waals surface area contributed by atoms with E-state index in [9.17, 15) is 0 Å². The Balaban J connectivity index is 2.06. The van der Waals surface area contributed by atoms with Gasteiger partial charge in [-0.2, -0.15) is 0 Å². The minimum absolute atomic E-state index is 0.684. The van der Waals surface area contributed by atoms with E-state index in [0.717, 1.165) is 6.42 Å². The van der Waals surface area contributed by atoms with Crippen molar-refractivity contribution in [1.29, 1.82) is 0 Å². The quantitative estimate of drug-likeness (QED) is 0.761. The number of rotatable bonds is 3. The molecule has 1 saturated carbocycles. The van der Waals surface area contributed by atoms with Crippen LogP contribution < -0.4 is 5.32 Å². The molecule has 0 amide bonds. The third-order valence-corrected chi connectivity index (χ3v) is 4.16. The molecule has 1 aromatic rings. The predicted octanol–water partition coefficient (Wildman–Crippen LogP) is 5.15. The fraction of sp³-hybridized carbons (Fsp3) is 0.600. The van der Waals surface area contributed by atoms with Gasteiger partial charge in [0.05, 0.1) is 0 Å². The van der Waals surface area contributed by atoms with Gasteiger partial charge in [-0.05, 0) is 43.0 Å². The van der Waals surface area contributed by atoms with Crippen LogP contribution in [0.3, 0.4) is 0 Å². The summed E-state index contributed by atoms with van der Waals surface area (Å²) in [6, 6.07) is 7.27. The van der Waals surface area contributed by atoms with Crippen LogP contribution in [-0.4, -0.2) is 6.04 Å². The van der Waals surface area contributed by atoms with Crippen molar-refractivity contribution < 1.29 is 0 Å². The first-order valence-corrected chi connectivity index (χ1v) is 7.64.